The van der Waals surface area contributed by atoms with Crippen LogP contribution in [0.25, 0.3) is 65.7 Å². The summed E-state index contributed by atoms with van der Waals surface area (Å²) in [5.41, 5.74) is 12.8. The quantitative estimate of drug-likeness (QED) is 0.0376. The molecular formula is C77H100ClF3N14O9S5. The minimum atomic E-state index is -3.38. The van der Waals surface area contributed by atoms with Crippen LogP contribution in [0.3, 0.4) is 0 Å². The highest BCUT2D eigenvalue weighted by Crippen LogP contribution is 2.39. The minimum Gasteiger partial charge on any atom is -0.492 e. The maximum absolute atomic E-state index is 13.5. The van der Waals surface area contributed by atoms with Crippen molar-refractivity contribution in [2.24, 2.45) is 0 Å². The van der Waals surface area contributed by atoms with Crippen LogP contribution in [0.5, 0.6) is 5.75 Å². The van der Waals surface area contributed by atoms with Crippen LogP contribution in [0.2, 0.25) is 5.02 Å². The van der Waals surface area contributed by atoms with Gasteiger partial charge in [0.25, 0.3) is 30.6 Å². The van der Waals surface area contributed by atoms with Gasteiger partial charge in [-0.05, 0) is 190 Å². The Balaban J connectivity index is 0.000000136. The van der Waals surface area contributed by atoms with E-state index in [0.717, 1.165) is 137 Å². The van der Waals surface area contributed by atoms with Gasteiger partial charge >= 0.3 is 0 Å². The Kier molecular flexibility index (Phi) is 27.0. The lowest BCUT2D eigenvalue weighted by Crippen LogP contribution is -2.44. The monoisotopic (exact) mass is 1620 g/mol. The standard InChI is InChI=1S/C19H27N3O2S.C15H18ClFN2OS.C15H21N3O2S.C14H18FN3O2S.C14H16FN3O2S/c1-21(2)11-12-24-16-5-6-17-18(14-20-19(17)13-16)15-7-9-22(10-8-15)25(3,4)23;1-21(2,20)19-5-3-10(4-6-19)12-9-18-15-8-14(17)13(16)7-11(12)15;1-2-17-21(19,20)18-9-7-12(8-10-18)14-11-16-15-6-4-3-5-13(14)15;2*1-16-21(19,20)18-6-4-10(5-7-18)13-9-17-14-8-11(15)2-3-12(13)14/h5-7,13-14,20H,3,8-12H2,1-2,4H3;7-10,18H,1,3-6H2,2H3;3-6,11-12,16-17H,2,7-10H2,1H3;2-3,8-10,16-17H,4-7H2,1H3;2-4,8-9,16-17H,5-7H2,1H3. The molecule has 10 heterocycles. The van der Waals surface area contributed by atoms with Crippen LogP contribution in [-0.2, 0) is 50.0 Å². The average molecular weight is 1620 g/mol. The first-order valence-electron chi connectivity index (χ1n) is 36.4. The first-order chi connectivity index (χ1) is 51.8. The molecule has 10 aromatic rings. The van der Waals surface area contributed by atoms with Crippen molar-refractivity contribution in [3.8, 4) is 5.75 Å². The number of benzene rings is 5. The van der Waals surface area contributed by atoms with E-state index in [9.17, 15) is 46.8 Å². The fourth-order valence-corrected chi connectivity index (χ4v) is 19.9. The number of ether oxygens (including phenoxy) is 1. The third-order valence-electron chi connectivity index (χ3n) is 20.8. The van der Waals surface area contributed by atoms with E-state index in [1.165, 1.54) is 86.1 Å². The number of fused-ring (bicyclic) bond motifs is 5. The number of hydrogen-bond donors (Lipinski definition) is 8. The Labute approximate surface area is 643 Å². The van der Waals surface area contributed by atoms with E-state index < -0.39 is 55.9 Å². The maximum Gasteiger partial charge on any atom is 0.279 e. The molecule has 3 fully saturated rings. The summed E-state index contributed by atoms with van der Waals surface area (Å²) in [6, 6.07) is 27.0. The van der Waals surface area contributed by atoms with E-state index in [-0.39, 0.29) is 16.7 Å². The zero-order valence-electron chi connectivity index (χ0n) is 62.6. The third kappa shape index (κ3) is 20.3. The zero-order valence-corrected chi connectivity index (χ0v) is 67.4. The molecule has 0 aliphatic carbocycles. The van der Waals surface area contributed by atoms with E-state index >= 15 is 0 Å². The van der Waals surface area contributed by atoms with Crippen molar-refractivity contribution in [1.29, 1.82) is 0 Å². The van der Waals surface area contributed by atoms with Gasteiger partial charge in [-0.15, -0.1) is 0 Å². The predicted molar refractivity (Wildman–Crippen MR) is 440 cm³/mol. The molecule has 5 aliphatic rings. The van der Waals surface area contributed by atoms with Crippen molar-refractivity contribution in [2.45, 2.75) is 76.0 Å². The first-order valence-corrected chi connectivity index (χ1v) is 45.3. The van der Waals surface area contributed by atoms with Gasteiger partial charge in [-0.1, -0.05) is 48.9 Å². The number of piperidine rings is 3. The summed E-state index contributed by atoms with van der Waals surface area (Å²) in [6.45, 7) is 9.75. The molecule has 590 valence electrons. The van der Waals surface area contributed by atoms with E-state index in [0.29, 0.717) is 83.1 Å². The number of likely N-dealkylation sites (N-methyl/N-ethyl adjacent to an activating group) is 1. The SMILES string of the molecule is C=S(C)(=O)N1CC=C(c2c[nH]c3cc(OCCN(C)C)ccc23)CC1.C=S(C)(=O)N1CCC(c2c[nH]c3cc(F)c(Cl)cc23)CC1.CCNS(=O)(=O)N1CCC(c2c[nH]c3ccccc23)CC1.CNS(=O)(=O)N1CC=C(c2c[nH]c3cc(F)ccc23)CC1.CNS(=O)(=O)N1CCC(c2c[nH]c3cc(F)ccc23)CC1. The molecule has 32 heteroatoms. The number of H-pyrrole nitrogens is 5. The molecule has 8 N–H and O–H groups in total. The maximum atomic E-state index is 13.5. The smallest absolute Gasteiger partial charge is 0.279 e. The molecule has 0 bridgehead atoms. The number of rotatable bonds is 18. The van der Waals surface area contributed by atoms with Gasteiger partial charge in [-0.3, -0.25) is 8.42 Å². The van der Waals surface area contributed by atoms with E-state index in [2.05, 4.69) is 98.5 Å². The van der Waals surface area contributed by atoms with Gasteiger partial charge in [-0.2, -0.15) is 38.2 Å². The third-order valence-corrected chi connectivity index (χ3v) is 28.8. The highest BCUT2D eigenvalue weighted by Gasteiger charge is 2.32. The molecule has 3 saturated heterocycles. The van der Waals surface area contributed by atoms with Crippen LogP contribution in [0.1, 0.15) is 104 Å². The topological polar surface area (TPSA) is 280 Å². The predicted octanol–water partition coefficient (Wildman–Crippen LogP) is 11.9. The van der Waals surface area contributed by atoms with E-state index in [4.69, 9.17) is 16.3 Å². The van der Waals surface area contributed by atoms with Crippen molar-refractivity contribution < 1.29 is 51.6 Å². The molecule has 2 atom stereocenters. The average Bonchev–Trinajstić information content (AvgIpc) is 1.70. The van der Waals surface area contributed by atoms with Crippen LogP contribution < -0.4 is 18.9 Å². The Morgan fingerprint density at radius 2 is 0.917 bits per heavy atom. The van der Waals surface area contributed by atoms with Crippen molar-refractivity contribution in [1.82, 2.24) is 65.5 Å². The molecule has 0 spiro atoms. The summed E-state index contributed by atoms with van der Waals surface area (Å²) in [5.74, 6) is 8.56. The van der Waals surface area contributed by atoms with Crippen molar-refractivity contribution in [2.75, 3.05) is 126 Å². The summed E-state index contributed by atoms with van der Waals surface area (Å²) in [4.78, 5) is 18.0. The van der Waals surface area contributed by atoms with Crippen LogP contribution in [-0.4, -0.2) is 223 Å². The van der Waals surface area contributed by atoms with Crippen LogP contribution in [0.4, 0.5) is 13.2 Å². The number of aromatic amines is 5. The lowest BCUT2D eigenvalue weighted by molar-refractivity contribution is 0.261. The number of halogens is 4. The number of para-hydroxylation sites is 1. The second-order valence-corrected chi connectivity index (χ2v) is 39.1. The Hall–Kier alpha value is -7.31. The summed E-state index contributed by atoms with van der Waals surface area (Å²) >= 11 is 5.90. The molecule has 0 radical (unpaired) electrons. The number of aromatic nitrogens is 5. The van der Waals surface area contributed by atoms with Crippen LogP contribution in [0, 0.1) is 17.5 Å². The normalized spacial score (nSPS) is 18.6. The summed E-state index contributed by atoms with van der Waals surface area (Å²) in [6.07, 6.45) is 23.9. The number of nitrogens with zero attached hydrogens (tertiary/aromatic N) is 6. The summed E-state index contributed by atoms with van der Waals surface area (Å²) in [5, 5.41) is 5.55. The minimum absolute atomic E-state index is 0.148. The molecule has 0 saturated carbocycles. The Bertz CT molecular complexity index is 5510. The van der Waals surface area contributed by atoms with Gasteiger partial charge in [0, 0.05) is 227 Å². The molecule has 5 aromatic carbocycles. The van der Waals surface area contributed by atoms with E-state index in [1.807, 2.05) is 65.6 Å². The van der Waals surface area contributed by atoms with Crippen molar-refractivity contribution in [3.05, 3.63) is 184 Å². The van der Waals surface area contributed by atoms with Crippen molar-refractivity contribution >= 4 is 139 Å². The van der Waals surface area contributed by atoms with Gasteiger partial charge in [-0.25, -0.2) is 35.9 Å². The molecule has 2 unspecified atom stereocenters. The highest BCUT2D eigenvalue weighted by atomic mass is 35.5. The lowest BCUT2D eigenvalue weighted by Gasteiger charge is -2.32. The first kappa shape index (κ1) is 82.6. The van der Waals surface area contributed by atoms with Crippen LogP contribution >= 0.6 is 11.6 Å². The van der Waals surface area contributed by atoms with Gasteiger partial charge in [0.15, 0.2) is 0 Å². The zero-order chi connectivity index (χ0) is 78.2. The second kappa shape index (κ2) is 35.6. The Morgan fingerprint density at radius 1 is 0.495 bits per heavy atom. The summed E-state index contributed by atoms with van der Waals surface area (Å²) < 4.78 is 156. The fourth-order valence-electron chi connectivity index (χ4n) is 14.8. The van der Waals surface area contributed by atoms with Crippen LogP contribution in [0.15, 0.2) is 134 Å². The van der Waals surface area contributed by atoms with Gasteiger partial charge < -0.3 is 34.6 Å². The van der Waals surface area contributed by atoms with Gasteiger partial charge in [0.05, 0.1) is 5.02 Å². The van der Waals surface area contributed by atoms with Gasteiger partial charge in [0.2, 0.25) is 0 Å². The van der Waals surface area contributed by atoms with Crippen molar-refractivity contribution in [3.63, 3.8) is 0 Å². The molecule has 23 nitrogen and oxygen atoms in total. The number of hydrogen-bond acceptors (Lipinski definition) is 10. The van der Waals surface area contributed by atoms with Gasteiger partial charge in [0.1, 0.15) is 29.8 Å². The largest absolute Gasteiger partial charge is 0.492 e. The molecular weight excluding hydrogens is 1520 g/mol. The summed E-state index contributed by atoms with van der Waals surface area (Å²) in [7, 11) is -7.34. The van der Waals surface area contributed by atoms with E-state index in [1.54, 1.807) is 41.9 Å². The highest BCUT2D eigenvalue weighted by molar-refractivity contribution is 7.97. The lowest BCUT2D eigenvalue weighted by atomic mass is 9.90. The Morgan fingerprint density at radius 3 is 1.41 bits per heavy atom. The molecule has 15 rings (SSSR count). The fraction of sp³-hybridized carbons (Fsp3) is 0.403. The molecule has 5 aliphatic heterocycles. The molecule has 109 heavy (non-hydrogen) atoms. The number of nitrogens with one attached hydrogen (secondary N) is 8. The molecule has 5 aromatic heterocycles. The molecule has 0 amide bonds. The second-order valence-electron chi connectivity index (χ2n) is 28.3.